The number of aromatic amines is 1. The molecule has 2 aliphatic rings. The van der Waals surface area contributed by atoms with Crippen molar-refractivity contribution in [3.8, 4) is 11.4 Å². The van der Waals surface area contributed by atoms with Crippen molar-refractivity contribution in [2.24, 2.45) is 0 Å². The highest BCUT2D eigenvalue weighted by molar-refractivity contribution is 7.11. The molecule has 0 atom stereocenters. The summed E-state index contributed by atoms with van der Waals surface area (Å²) in [6.45, 7) is 4.48. The third-order valence-corrected chi connectivity index (χ3v) is 7.42. The third-order valence-electron chi connectivity index (χ3n) is 6.66. The fraction of sp³-hybridized carbons (Fsp3) is 0.280. The summed E-state index contributed by atoms with van der Waals surface area (Å²) in [5.74, 6) is 0.868. The number of nitrogens with one attached hydrogen (secondary N) is 1. The van der Waals surface area contributed by atoms with E-state index in [0.29, 0.717) is 29.7 Å². The first-order valence-electron chi connectivity index (χ1n) is 11.4. The Morgan fingerprint density at radius 3 is 2.47 bits per heavy atom. The van der Waals surface area contributed by atoms with Crippen LogP contribution in [0.4, 0.5) is 0 Å². The second-order valence-corrected chi connectivity index (χ2v) is 9.61. The molecule has 172 valence electrons. The molecule has 2 fully saturated rings. The van der Waals surface area contributed by atoms with Gasteiger partial charge in [-0.05, 0) is 18.2 Å². The summed E-state index contributed by atoms with van der Waals surface area (Å²) in [6, 6.07) is 16.0. The summed E-state index contributed by atoms with van der Waals surface area (Å²) in [5.41, 5.74) is 3.41. The van der Waals surface area contributed by atoms with Crippen molar-refractivity contribution < 1.29 is 9.59 Å². The minimum absolute atomic E-state index is 0.0182. The van der Waals surface area contributed by atoms with Crippen molar-refractivity contribution in [3.63, 3.8) is 0 Å². The first kappa shape index (κ1) is 21.0. The average Bonchev–Trinajstić information content (AvgIpc) is 3.53. The number of carbonyl (C=O) groups excluding carboxylic acids is 2. The first-order valence-corrected chi connectivity index (χ1v) is 12.3. The normalized spacial score (nSPS) is 17.2. The van der Waals surface area contributed by atoms with Crippen LogP contribution < -0.4 is 0 Å². The van der Waals surface area contributed by atoms with E-state index in [9.17, 15) is 9.59 Å². The number of nitrogens with zero attached hydrogens (tertiary/aromatic N) is 5. The Balaban J connectivity index is 1.06. The van der Waals surface area contributed by atoms with Crippen LogP contribution in [0.3, 0.4) is 0 Å². The molecule has 2 aromatic carbocycles. The van der Waals surface area contributed by atoms with E-state index < -0.39 is 0 Å². The van der Waals surface area contributed by atoms with E-state index in [1.165, 1.54) is 11.3 Å². The summed E-state index contributed by atoms with van der Waals surface area (Å²) in [4.78, 5) is 43.8. The third kappa shape index (κ3) is 3.86. The highest BCUT2D eigenvalue weighted by Gasteiger charge is 2.37. The Labute approximate surface area is 200 Å². The highest BCUT2D eigenvalue weighted by Crippen LogP contribution is 2.24. The molecule has 9 heteroatoms. The maximum atomic E-state index is 13.1. The molecule has 34 heavy (non-hydrogen) atoms. The predicted molar refractivity (Wildman–Crippen MR) is 131 cm³/mol. The number of hydrogen-bond donors (Lipinski definition) is 1. The van der Waals surface area contributed by atoms with E-state index in [4.69, 9.17) is 0 Å². The van der Waals surface area contributed by atoms with Crippen molar-refractivity contribution in [1.29, 1.82) is 0 Å². The molecule has 2 amide bonds. The number of rotatable bonds is 4. The Morgan fingerprint density at radius 2 is 1.74 bits per heavy atom. The van der Waals surface area contributed by atoms with Crippen LogP contribution in [0.1, 0.15) is 20.2 Å². The van der Waals surface area contributed by atoms with Gasteiger partial charge in [-0.3, -0.25) is 14.5 Å². The molecule has 0 unspecified atom stereocenters. The number of piperazine rings is 1. The lowest BCUT2D eigenvalue weighted by atomic mass is 10.0. The number of thiazole rings is 1. The lowest BCUT2D eigenvalue weighted by Gasteiger charge is -2.48. The number of aromatic nitrogens is 3. The number of fused-ring (bicyclic) bond motifs is 1. The zero-order chi connectivity index (χ0) is 23.1. The van der Waals surface area contributed by atoms with Crippen molar-refractivity contribution >= 4 is 34.2 Å². The molecule has 0 bridgehead atoms. The zero-order valence-electron chi connectivity index (χ0n) is 18.6. The summed E-state index contributed by atoms with van der Waals surface area (Å²) < 4.78 is 0. The van der Waals surface area contributed by atoms with Crippen molar-refractivity contribution in [2.45, 2.75) is 6.04 Å². The van der Waals surface area contributed by atoms with Crippen LogP contribution in [0, 0.1) is 0 Å². The standard InChI is InChI=1S/C25H24N6O2S/c32-24(18-6-7-20-21(14-18)28-22(27-20)17-4-2-1-3-5-17)31-15-19(16-31)29-9-11-30(12-10-29)25(33)23-26-8-13-34-23/h1-8,13-14,19H,9-12,15-16H2,(H,27,28). The summed E-state index contributed by atoms with van der Waals surface area (Å²) >= 11 is 1.38. The maximum absolute atomic E-state index is 13.1. The predicted octanol–water partition coefficient (Wildman–Crippen LogP) is 2.97. The number of hydrogen-bond acceptors (Lipinski definition) is 6. The van der Waals surface area contributed by atoms with Crippen LogP contribution in [-0.2, 0) is 0 Å². The Morgan fingerprint density at radius 1 is 0.941 bits per heavy atom. The first-order chi connectivity index (χ1) is 16.7. The van der Waals surface area contributed by atoms with Crippen molar-refractivity contribution in [2.75, 3.05) is 39.3 Å². The Hall–Kier alpha value is -3.56. The SMILES string of the molecule is O=C(c1ccc2nc(-c3ccccc3)[nH]c2c1)N1CC(N2CCN(C(=O)c3nccs3)CC2)C1. The molecule has 4 aromatic rings. The van der Waals surface area contributed by atoms with Gasteiger partial charge in [-0.15, -0.1) is 11.3 Å². The van der Waals surface area contributed by atoms with Gasteiger partial charge in [0.05, 0.1) is 11.0 Å². The smallest absolute Gasteiger partial charge is 0.282 e. The van der Waals surface area contributed by atoms with Crippen LogP contribution in [0.15, 0.2) is 60.1 Å². The molecular weight excluding hydrogens is 448 g/mol. The van der Waals surface area contributed by atoms with Crippen LogP contribution in [-0.4, -0.2) is 86.8 Å². The largest absolute Gasteiger partial charge is 0.338 e. The summed E-state index contributed by atoms with van der Waals surface area (Å²) in [6.07, 6.45) is 1.67. The van der Waals surface area contributed by atoms with E-state index in [1.807, 2.05) is 63.7 Å². The minimum Gasteiger partial charge on any atom is -0.338 e. The fourth-order valence-corrected chi connectivity index (χ4v) is 5.27. The van der Waals surface area contributed by atoms with Gasteiger partial charge in [-0.2, -0.15) is 0 Å². The van der Waals surface area contributed by atoms with E-state index >= 15 is 0 Å². The Kier molecular flexibility index (Phi) is 5.35. The van der Waals surface area contributed by atoms with E-state index in [-0.39, 0.29) is 11.8 Å². The van der Waals surface area contributed by atoms with Gasteiger partial charge >= 0.3 is 0 Å². The van der Waals surface area contributed by atoms with Gasteiger partial charge in [0, 0.05) is 68.0 Å². The molecule has 2 saturated heterocycles. The van der Waals surface area contributed by atoms with Gasteiger partial charge in [0.1, 0.15) is 5.82 Å². The maximum Gasteiger partial charge on any atom is 0.282 e. The zero-order valence-corrected chi connectivity index (χ0v) is 19.4. The molecule has 1 N–H and O–H groups in total. The van der Waals surface area contributed by atoms with Gasteiger partial charge in [0.15, 0.2) is 5.01 Å². The molecule has 2 aromatic heterocycles. The lowest BCUT2D eigenvalue weighted by Crippen LogP contribution is -2.64. The average molecular weight is 473 g/mol. The minimum atomic E-state index is 0.0182. The number of likely N-dealkylation sites (tertiary alicyclic amines) is 1. The molecule has 0 saturated carbocycles. The second kappa shape index (κ2) is 8.66. The second-order valence-electron chi connectivity index (χ2n) is 8.71. The number of benzene rings is 2. The fourth-order valence-electron chi connectivity index (χ4n) is 4.66. The number of imidazole rings is 1. The van der Waals surface area contributed by atoms with Gasteiger partial charge < -0.3 is 14.8 Å². The molecular formula is C25H24N6O2S. The highest BCUT2D eigenvalue weighted by atomic mass is 32.1. The molecule has 0 spiro atoms. The summed E-state index contributed by atoms with van der Waals surface area (Å²) in [7, 11) is 0. The van der Waals surface area contributed by atoms with Gasteiger partial charge in [-0.1, -0.05) is 30.3 Å². The topological polar surface area (TPSA) is 85.4 Å². The molecule has 2 aliphatic heterocycles. The molecule has 0 radical (unpaired) electrons. The molecule has 6 rings (SSSR count). The van der Waals surface area contributed by atoms with Crippen LogP contribution in [0.5, 0.6) is 0 Å². The lowest BCUT2D eigenvalue weighted by molar-refractivity contribution is 0.00854. The molecule has 0 aliphatic carbocycles. The van der Waals surface area contributed by atoms with E-state index in [1.54, 1.807) is 6.20 Å². The van der Waals surface area contributed by atoms with Gasteiger partial charge in [0.2, 0.25) is 0 Å². The van der Waals surface area contributed by atoms with E-state index in [0.717, 1.165) is 48.6 Å². The van der Waals surface area contributed by atoms with E-state index in [2.05, 4.69) is 19.9 Å². The number of carbonyl (C=O) groups is 2. The number of amides is 2. The van der Waals surface area contributed by atoms with Crippen molar-refractivity contribution in [1.82, 2.24) is 29.7 Å². The molecule has 8 nitrogen and oxygen atoms in total. The van der Waals surface area contributed by atoms with Crippen molar-refractivity contribution in [3.05, 3.63) is 70.7 Å². The molecule has 4 heterocycles. The van der Waals surface area contributed by atoms with Crippen LogP contribution in [0.2, 0.25) is 0 Å². The Bertz CT molecular complexity index is 1320. The number of H-pyrrole nitrogens is 1. The van der Waals surface area contributed by atoms with Gasteiger partial charge in [0.25, 0.3) is 11.8 Å². The quantitative estimate of drug-likeness (QED) is 0.494. The monoisotopic (exact) mass is 472 g/mol. The van der Waals surface area contributed by atoms with Gasteiger partial charge in [-0.25, -0.2) is 9.97 Å². The van der Waals surface area contributed by atoms with Crippen LogP contribution in [0.25, 0.3) is 22.4 Å². The van der Waals surface area contributed by atoms with Crippen LogP contribution >= 0.6 is 11.3 Å². The summed E-state index contributed by atoms with van der Waals surface area (Å²) in [5, 5.41) is 2.38.